The SMILES string of the molecule is CN(C)C=Nc1ncc(F)c(/C=C/N(C)C)c1[N+](=O)[O-].COc1c[nH]c(=O)c2[nH]ccc12.COc1c[nH]c(=O)c2[nH]ccc12.COc1cnc(-n2cnc(C)n2)c2[nH]cc(C(=O)C(C)=O)c12.COc1cnc(-n2cnc(C)n2)c2[nH]ccc12.COc1cnc(Cl)c2[nH]ccc12. The zero-order chi connectivity index (χ0) is 68.6. The number of aliphatic imine (C=N–C) groups is 1. The van der Waals surface area contributed by atoms with Crippen molar-refractivity contribution in [3.8, 4) is 40.4 Å². The number of aryl methyl sites for hydroxylation is 2. The van der Waals surface area contributed by atoms with Gasteiger partial charge in [-0.3, -0.25) is 29.3 Å². The second kappa shape index (κ2) is 31.0. The number of pyridine rings is 6. The molecule has 32 nitrogen and oxygen atoms in total. The number of ketones is 2. The van der Waals surface area contributed by atoms with E-state index in [1.165, 1.54) is 56.1 Å². The molecule has 13 rings (SSSR count). The number of rotatable bonds is 14. The van der Waals surface area contributed by atoms with Crippen molar-refractivity contribution in [2.24, 2.45) is 4.99 Å². The number of carbonyl (C=O) groups is 2. The number of aromatic amines is 7. The van der Waals surface area contributed by atoms with E-state index < -0.39 is 28.0 Å². The van der Waals surface area contributed by atoms with E-state index in [1.54, 1.807) is 128 Å². The van der Waals surface area contributed by atoms with Gasteiger partial charge in [-0.25, -0.2) is 48.7 Å². The van der Waals surface area contributed by atoms with E-state index in [-0.39, 0.29) is 28.1 Å². The van der Waals surface area contributed by atoms with Crippen LogP contribution in [0.25, 0.3) is 72.2 Å². The summed E-state index contributed by atoms with van der Waals surface area (Å²) in [7, 11) is 14.7. The van der Waals surface area contributed by atoms with Gasteiger partial charge in [-0.1, -0.05) is 11.6 Å². The van der Waals surface area contributed by atoms with Crippen molar-refractivity contribution in [2.75, 3.05) is 63.7 Å². The summed E-state index contributed by atoms with van der Waals surface area (Å²) in [6.45, 7) is 4.83. The fourth-order valence-electron chi connectivity index (χ4n) is 8.94. The number of ether oxygens (including phenoxy) is 5. The van der Waals surface area contributed by atoms with E-state index in [0.29, 0.717) is 67.6 Å². The number of aromatic nitrogens is 17. The lowest BCUT2D eigenvalue weighted by atomic mass is 10.1. The number of nitrogens with one attached hydrogen (secondary N) is 7. The van der Waals surface area contributed by atoms with Crippen molar-refractivity contribution in [1.29, 1.82) is 0 Å². The van der Waals surface area contributed by atoms with Crippen LogP contribution in [0.2, 0.25) is 5.15 Å². The van der Waals surface area contributed by atoms with Gasteiger partial charge in [0.2, 0.25) is 11.6 Å². The molecule has 0 atom stereocenters. The lowest BCUT2D eigenvalue weighted by molar-refractivity contribution is -0.384. The molecule has 0 aromatic carbocycles. The van der Waals surface area contributed by atoms with Crippen molar-refractivity contribution in [1.82, 2.24) is 94.2 Å². The summed E-state index contributed by atoms with van der Waals surface area (Å²) in [6.07, 6.45) is 24.7. The number of methoxy groups -OCH3 is 5. The Labute approximate surface area is 542 Å². The van der Waals surface area contributed by atoms with Crippen LogP contribution in [0.5, 0.6) is 28.7 Å². The first kappa shape index (κ1) is 68.4. The third kappa shape index (κ3) is 15.8. The van der Waals surface area contributed by atoms with Crippen LogP contribution in [-0.4, -0.2) is 181 Å². The minimum absolute atomic E-state index is 0.129. The van der Waals surface area contributed by atoms with Gasteiger partial charge in [-0.15, -0.1) is 0 Å². The minimum atomic E-state index is -0.765. The highest BCUT2D eigenvalue weighted by atomic mass is 35.5. The van der Waals surface area contributed by atoms with Gasteiger partial charge in [0.1, 0.15) is 64.1 Å². The highest BCUT2D eigenvalue weighted by Crippen LogP contribution is 2.34. The molecule has 0 fully saturated rings. The molecule has 0 aliphatic rings. The molecule has 13 heterocycles. The highest BCUT2D eigenvalue weighted by molar-refractivity contribution is 6.45. The van der Waals surface area contributed by atoms with Gasteiger partial charge >= 0.3 is 5.69 Å². The molecule has 0 aliphatic heterocycles. The van der Waals surface area contributed by atoms with E-state index in [0.717, 1.165) is 50.3 Å². The molecule has 13 aromatic rings. The standard InChI is InChI=1S/C14H13N5O3.C12H16FN5O2.C11H11N5O.C8H7ClN2O.2C8H8N2O2/c1-7(20)13(21)9-4-15-12-11(9)10(22-3)5-16-14(12)19-6-17-8(2)18-19;1-16(2)6-5-9-10(13)7-14-12(11(9)18(19)20)15-8-17(3)4;1-7-14-6-16(15-7)11-10-8(3-4-12-10)9(17-2)5-13-11;1-12-6-4-11-8(9)7-5(6)2-3-10-7;2*1-12-6-4-10-8(11)7-5(6)2-3-9-7/h4-6,15H,1-3H3;5-8H,1-4H3;3-6,12H,1-2H3;2-4,10H,1H3;2*2-4,9H,1H3,(H,10,11)/b;6-5+,15-8?;;;;. The zero-order valence-corrected chi connectivity index (χ0v) is 53.8. The molecule has 492 valence electrons. The number of halogens is 2. The first-order valence-corrected chi connectivity index (χ1v) is 28.4. The van der Waals surface area contributed by atoms with E-state index in [2.05, 4.69) is 80.0 Å². The maximum absolute atomic E-state index is 13.7. The molecule has 0 saturated carbocycles. The zero-order valence-electron chi connectivity index (χ0n) is 53.1. The Morgan fingerprint density at radius 1 is 0.600 bits per heavy atom. The average molecular weight is 1320 g/mol. The molecule has 0 unspecified atom stereocenters. The first-order valence-electron chi connectivity index (χ1n) is 28.0. The number of Topliss-reactive ketones (excluding diaryl/α,β-unsaturated/α-hetero) is 2. The van der Waals surface area contributed by atoms with Gasteiger partial charge in [-0.2, -0.15) is 10.2 Å². The Bertz CT molecular complexity index is 4940. The summed E-state index contributed by atoms with van der Waals surface area (Å²) in [6, 6.07) is 7.47. The summed E-state index contributed by atoms with van der Waals surface area (Å²) >= 11 is 5.83. The molecule has 0 bridgehead atoms. The second-order valence-corrected chi connectivity index (χ2v) is 20.5. The number of fused-ring (bicyclic) bond motifs is 5. The number of hydrogen-bond acceptors (Lipinski definition) is 21. The maximum Gasteiger partial charge on any atom is 0.323 e. The smallest absolute Gasteiger partial charge is 0.323 e. The van der Waals surface area contributed by atoms with Crippen LogP contribution in [0.4, 0.5) is 15.9 Å². The van der Waals surface area contributed by atoms with Crippen LogP contribution in [0.3, 0.4) is 0 Å². The fourth-order valence-corrected chi connectivity index (χ4v) is 9.14. The van der Waals surface area contributed by atoms with Gasteiger partial charge in [0.25, 0.3) is 11.1 Å². The van der Waals surface area contributed by atoms with E-state index >= 15 is 0 Å². The van der Waals surface area contributed by atoms with Crippen molar-refractivity contribution >= 4 is 102 Å². The van der Waals surface area contributed by atoms with Crippen LogP contribution in [0.15, 0.2) is 126 Å². The van der Waals surface area contributed by atoms with Crippen LogP contribution < -0.4 is 34.8 Å². The topological polar surface area (TPSA) is 400 Å². The summed E-state index contributed by atoms with van der Waals surface area (Å²) in [5, 5.41) is 24.1. The molecule has 0 amide bonds. The molecule has 34 heteroatoms. The Balaban J connectivity index is 0.000000148. The lowest BCUT2D eigenvalue weighted by Gasteiger charge is -2.07. The summed E-state index contributed by atoms with van der Waals surface area (Å²) < 4.78 is 42.6. The molecule has 95 heavy (non-hydrogen) atoms. The third-order valence-electron chi connectivity index (χ3n) is 13.3. The maximum atomic E-state index is 13.7. The quantitative estimate of drug-likeness (QED) is 0.0102. The molecule has 0 radical (unpaired) electrons. The Morgan fingerprint density at radius 3 is 1.53 bits per heavy atom. The minimum Gasteiger partial charge on any atom is -0.495 e. The second-order valence-electron chi connectivity index (χ2n) is 20.1. The van der Waals surface area contributed by atoms with Gasteiger partial charge in [0.15, 0.2) is 28.4 Å². The average Bonchev–Trinajstić information content (AvgIpc) is 1.65. The van der Waals surface area contributed by atoms with Gasteiger partial charge in [0, 0.05) is 100 Å². The normalized spacial score (nSPS) is 10.8. The molecule has 7 N–H and O–H groups in total. The lowest BCUT2D eigenvalue weighted by Crippen LogP contribution is -2.09. The Hall–Kier alpha value is -12.6. The van der Waals surface area contributed by atoms with E-state index in [4.69, 9.17) is 35.3 Å². The summed E-state index contributed by atoms with van der Waals surface area (Å²) in [5.41, 5.74) is 2.74. The predicted molar refractivity (Wildman–Crippen MR) is 354 cm³/mol. The molecule has 0 spiro atoms. The Kier molecular flexibility index (Phi) is 22.3. The number of hydrogen-bond donors (Lipinski definition) is 7. The monoisotopic (exact) mass is 1320 g/mol. The van der Waals surface area contributed by atoms with Crippen molar-refractivity contribution in [3.05, 3.63) is 176 Å². The third-order valence-corrected chi connectivity index (χ3v) is 13.6. The van der Waals surface area contributed by atoms with E-state index in [9.17, 15) is 33.7 Å². The molecule has 0 saturated heterocycles. The first-order chi connectivity index (χ1) is 45.6. The van der Waals surface area contributed by atoms with Crippen LogP contribution in [0.1, 0.15) is 34.5 Å². The van der Waals surface area contributed by atoms with Crippen molar-refractivity contribution in [2.45, 2.75) is 20.8 Å². The summed E-state index contributed by atoms with van der Waals surface area (Å²) in [5.74, 6) is 3.68. The van der Waals surface area contributed by atoms with Crippen molar-refractivity contribution < 1.29 is 42.6 Å². The molecular formula is C61H63ClFN21O11. The predicted octanol–water partition coefficient (Wildman–Crippen LogP) is 8.53. The fraction of sp³-hybridized carbons (Fsp3) is 0.197. The molecular weight excluding hydrogens is 1260 g/mol. The van der Waals surface area contributed by atoms with Crippen LogP contribution >= 0.6 is 11.6 Å². The number of nitrogens with zero attached hydrogens (tertiary/aromatic N) is 14. The van der Waals surface area contributed by atoms with Crippen molar-refractivity contribution in [3.63, 3.8) is 0 Å². The van der Waals surface area contributed by atoms with E-state index in [1.807, 2.05) is 37.4 Å². The van der Waals surface area contributed by atoms with Gasteiger partial charge in [0.05, 0.1) is 105 Å². The number of H-pyrrole nitrogens is 7. The molecule has 13 aromatic heterocycles. The molecule has 0 aliphatic carbocycles. The highest BCUT2D eigenvalue weighted by Gasteiger charge is 2.25. The van der Waals surface area contributed by atoms with Gasteiger partial charge < -0.3 is 68.4 Å². The number of carbonyl (C=O) groups excluding carboxylic acids is 2. The number of nitro groups is 1. The van der Waals surface area contributed by atoms with Crippen LogP contribution in [0, 0.1) is 29.8 Å². The van der Waals surface area contributed by atoms with Gasteiger partial charge in [-0.05, 0) is 50.4 Å². The van der Waals surface area contributed by atoms with Crippen LogP contribution in [-0.2, 0) is 4.79 Å². The largest absolute Gasteiger partial charge is 0.495 e. The Morgan fingerprint density at radius 2 is 1.06 bits per heavy atom. The summed E-state index contributed by atoms with van der Waals surface area (Å²) in [4.78, 5) is 108.